The molecule has 122 valence electrons. The summed E-state index contributed by atoms with van der Waals surface area (Å²) in [6, 6.07) is 8.23. The van der Waals surface area contributed by atoms with Crippen LogP contribution in [0.3, 0.4) is 0 Å². The van der Waals surface area contributed by atoms with Gasteiger partial charge in [0.05, 0.1) is 38.5 Å². The zero-order chi connectivity index (χ0) is 16.8. The fourth-order valence-electron chi connectivity index (χ4n) is 2.19. The predicted molar refractivity (Wildman–Crippen MR) is 83.3 cm³/mol. The zero-order valence-corrected chi connectivity index (χ0v) is 13.3. The van der Waals surface area contributed by atoms with Crippen LogP contribution in [-0.4, -0.2) is 26.1 Å². The lowest BCUT2D eigenvalue weighted by Crippen LogP contribution is -2.30. The second-order valence-electron chi connectivity index (χ2n) is 4.97. The molecule has 1 amide bonds. The van der Waals surface area contributed by atoms with Crippen molar-refractivity contribution in [2.24, 2.45) is 0 Å². The summed E-state index contributed by atoms with van der Waals surface area (Å²) in [6.07, 6.45) is 1.48. The van der Waals surface area contributed by atoms with Crippen molar-refractivity contribution in [2.75, 3.05) is 14.2 Å². The molecular formula is C17H19NO5. The molecule has 0 aliphatic heterocycles. The molecule has 1 N–H and O–H groups in total. The number of rotatable bonds is 6. The Morgan fingerprint density at radius 2 is 1.87 bits per heavy atom. The number of hydrogen-bond acceptors (Lipinski definition) is 5. The molecule has 0 aliphatic rings. The molecule has 2 aromatic rings. The lowest BCUT2D eigenvalue weighted by atomic mass is 10.0. The Labute approximate surface area is 134 Å². The number of benzene rings is 1. The number of carbonyl (C=O) groups excluding carboxylic acids is 2. The van der Waals surface area contributed by atoms with Crippen LogP contribution in [0, 0.1) is 6.92 Å². The first-order valence-corrected chi connectivity index (χ1v) is 7.11. The largest absolute Gasteiger partial charge is 0.497 e. The SMILES string of the molecule is COC(=O)CC(NC(=O)c1ccoc1C)c1ccc(OC)cc1. The molecule has 1 heterocycles. The molecule has 0 fully saturated rings. The Bertz CT molecular complexity index is 675. The Hall–Kier alpha value is -2.76. The van der Waals surface area contributed by atoms with Gasteiger partial charge >= 0.3 is 5.97 Å². The molecule has 0 saturated carbocycles. The van der Waals surface area contributed by atoms with E-state index < -0.39 is 12.0 Å². The molecule has 1 unspecified atom stereocenters. The maximum absolute atomic E-state index is 12.4. The summed E-state index contributed by atoms with van der Waals surface area (Å²) < 4.78 is 15.0. The third-order valence-corrected chi connectivity index (χ3v) is 3.53. The van der Waals surface area contributed by atoms with E-state index in [1.807, 2.05) is 0 Å². The highest BCUT2D eigenvalue weighted by atomic mass is 16.5. The second kappa shape index (κ2) is 7.49. The normalized spacial score (nSPS) is 11.6. The fraction of sp³-hybridized carbons (Fsp3) is 0.294. The average molecular weight is 317 g/mol. The highest BCUT2D eigenvalue weighted by molar-refractivity contribution is 5.95. The van der Waals surface area contributed by atoms with Gasteiger partial charge in [-0.05, 0) is 30.7 Å². The van der Waals surface area contributed by atoms with Gasteiger partial charge in [0.2, 0.25) is 0 Å². The van der Waals surface area contributed by atoms with Gasteiger partial charge in [-0.3, -0.25) is 9.59 Å². The van der Waals surface area contributed by atoms with Crippen LogP contribution in [0.1, 0.15) is 34.1 Å². The van der Waals surface area contributed by atoms with E-state index in [2.05, 4.69) is 5.32 Å². The summed E-state index contributed by atoms with van der Waals surface area (Å²) in [4.78, 5) is 24.0. The summed E-state index contributed by atoms with van der Waals surface area (Å²) in [7, 11) is 2.89. The highest BCUT2D eigenvalue weighted by Gasteiger charge is 2.21. The number of nitrogens with one attached hydrogen (secondary N) is 1. The van der Waals surface area contributed by atoms with E-state index in [1.165, 1.54) is 13.4 Å². The smallest absolute Gasteiger partial charge is 0.307 e. The molecule has 0 radical (unpaired) electrons. The lowest BCUT2D eigenvalue weighted by molar-refractivity contribution is -0.141. The molecule has 0 spiro atoms. The lowest BCUT2D eigenvalue weighted by Gasteiger charge is -2.18. The number of esters is 1. The number of ether oxygens (including phenoxy) is 2. The van der Waals surface area contributed by atoms with Crippen LogP contribution in [0.25, 0.3) is 0 Å². The van der Waals surface area contributed by atoms with Crippen molar-refractivity contribution in [3.63, 3.8) is 0 Å². The van der Waals surface area contributed by atoms with E-state index in [1.54, 1.807) is 44.4 Å². The van der Waals surface area contributed by atoms with E-state index in [9.17, 15) is 9.59 Å². The van der Waals surface area contributed by atoms with Gasteiger partial charge in [-0.25, -0.2) is 0 Å². The standard InChI is InChI=1S/C17H19NO5/c1-11-14(8-9-23-11)17(20)18-15(10-16(19)22-3)12-4-6-13(21-2)7-5-12/h4-9,15H,10H2,1-3H3,(H,18,20). The van der Waals surface area contributed by atoms with Crippen LogP contribution >= 0.6 is 0 Å². The first-order chi connectivity index (χ1) is 11.0. The van der Waals surface area contributed by atoms with Gasteiger partial charge in [0, 0.05) is 0 Å². The Morgan fingerprint density at radius 3 is 2.39 bits per heavy atom. The summed E-state index contributed by atoms with van der Waals surface area (Å²) in [5, 5.41) is 2.84. The number of aryl methyl sites for hydroxylation is 1. The molecule has 0 aliphatic carbocycles. The monoisotopic (exact) mass is 317 g/mol. The third-order valence-electron chi connectivity index (χ3n) is 3.53. The van der Waals surface area contributed by atoms with Crippen molar-refractivity contribution in [1.29, 1.82) is 0 Å². The second-order valence-corrected chi connectivity index (χ2v) is 4.97. The number of carbonyl (C=O) groups is 2. The molecule has 1 atom stereocenters. The third kappa shape index (κ3) is 4.12. The van der Waals surface area contributed by atoms with E-state index in [0.717, 1.165) is 5.56 Å². The van der Waals surface area contributed by atoms with Crippen LogP contribution in [0.4, 0.5) is 0 Å². The van der Waals surface area contributed by atoms with E-state index >= 15 is 0 Å². The minimum absolute atomic E-state index is 0.0332. The van der Waals surface area contributed by atoms with E-state index in [0.29, 0.717) is 17.1 Å². The molecule has 0 bridgehead atoms. The summed E-state index contributed by atoms with van der Waals surface area (Å²) in [5.74, 6) is 0.507. The fourth-order valence-corrected chi connectivity index (χ4v) is 2.19. The maximum Gasteiger partial charge on any atom is 0.307 e. The minimum Gasteiger partial charge on any atom is -0.497 e. The van der Waals surface area contributed by atoms with E-state index in [-0.39, 0.29) is 12.3 Å². The van der Waals surface area contributed by atoms with Crippen LogP contribution in [0.15, 0.2) is 41.0 Å². The molecule has 23 heavy (non-hydrogen) atoms. The molecule has 2 rings (SSSR count). The summed E-state index contributed by atoms with van der Waals surface area (Å²) in [6.45, 7) is 1.71. The first-order valence-electron chi connectivity index (χ1n) is 7.11. The number of furan rings is 1. The van der Waals surface area contributed by atoms with Crippen molar-refractivity contribution in [3.05, 3.63) is 53.5 Å². The van der Waals surface area contributed by atoms with Gasteiger partial charge in [-0.2, -0.15) is 0 Å². The number of hydrogen-bond donors (Lipinski definition) is 1. The van der Waals surface area contributed by atoms with Crippen molar-refractivity contribution >= 4 is 11.9 Å². The van der Waals surface area contributed by atoms with Gasteiger partial charge in [0.1, 0.15) is 11.5 Å². The van der Waals surface area contributed by atoms with Gasteiger partial charge in [0.25, 0.3) is 5.91 Å². The maximum atomic E-state index is 12.4. The number of methoxy groups -OCH3 is 2. The summed E-state index contributed by atoms with van der Waals surface area (Å²) >= 11 is 0. The molecule has 6 heteroatoms. The average Bonchev–Trinajstić information content (AvgIpc) is 3.00. The van der Waals surface area contributed by atoms with Gasteiger partial charge < -0.3 is 19.2 Å². The topological polar surface area (TPSA) is 77.8 Å². The highest BCUT2D eigenvalue weighted by Crippen LogP contribution is 2.22. The van der Waals surface area contributed by atoms with Crippen LogP contribution in [0.2, 0.25) is 0 Å². The van der Waals surface area contributed by atoms with Gasteiger partial charge in [0.15, 0.2) is 0 Å². The van der Waals surface area contributed by atoms with Crippen molar-refractivity contribution < 1.29 is 23.5 Å². The quantitative estimate of drug-likeness (QED) is 0.829. The minimum atomic E-state index is -0.504. The van der Waals surface area contributed by atoms with Gasteiger partial charge in [-0.15, -0.1) is 0 Å². The Morgan fingerprint density at radius 1 is 1.17 bits per heavy atom. The Balaban J connectivity index is 2.21. The van der Waals surface area contributed by atoms with E-state index in [4.69, 9.17) is 13.9 Å². The van der Waals surface area contributed by atoms with Crippen LogP contribution in [0.5, 0.6) is 5.75 Å². The number of amides is 1. The Kier molecular flexibility index (Phi) is 5.41. The molecule has 1 aromatic carbocycles. The van der Waals surface area contributed by atoms with Crippen LogP contribution in [-0.2, 0) is 9.53 Å². The molecule has 1 aromatic heterocycles. The van der Waals surface area contributed by atoms with Crippen molar-refractivity contribution in [2.45, 2.75) is 19.4 Å². The summed E-state index contributed by atoms with van der Waals surface area (Å²) in [5.41, 5.74) is 1.22. The molecular weight excluding hydrogens is 298 g/mol. The first kappa shape index (κ1) is 16.6. The molecule has 0 saturated heterocycles. The zero-order valence-electron chi connectivity index (χ0n) is 13.3. The molecule has 6 nitrogen and oxygen atoms in total. The van der Waals surface area contributed by atoms with Gasteiger partial charge in [-0.1, -0.05) is 12.1 Å². The predicted octanol–water partition coefficient (Wildman–Crippen LogP) is 2.63. The van der Waals surface area contributed by atoms with Crippen molar-refractivity contribution in [3.8, 4) is 5.75 Å². The van der Waals surface area contributed by atoms with Crippen LogP contribution < -0.4 is 10.1 Å². The van der Waals surface area contributed by atoms with Crippen molar-refractivity contribution in [1.82, 2.24) is 5.32 Å².